The van der Waals surface area contributed by atoms with Crippen LogP contribution < -0.4 is 28.9 Å². The van der Waals surface area contributed by atoms with E-state index >= 15 is 0 Å². The maximum atomic E-state index is 6.54. The van der Waals surface area contributed by atoms with Crippen molar-refractivity contribution < 1.29 is 73.6 Å². The zero-order valence-corrected chi connectivity index (χ0v) is 53.2. The van der Waals surface area contributed by atoms with Crippen LogP contribution in [0.1, 0.15) is 51.4 Å². The Morgan fingerprint density at radius 2 is 0.570 bits per heavy atom. The minimum Gasteiger partial charge on any atom is -0.492 e. The van der Waals surface area contributed by atoms with E-state index < -0.39 is 23.1 Å². The summed E-state index contributed by atoms with van der Waals surface area (Å²) in [6.07, 6.45) is 6.70. The molecule has 1 radical (unpaired) electrons. The van der Waals surface area contributed by atoms with Crippen molar-refractivity contribution in [1.29, 1.82) is 0 Å². The third-order valence-corrected chi connectivity index (χ3v) is 20.0. The molecule has 4 aromatic carbocycles. The number of fused-ring (bicyclic) bond motifs is 20. The van der Waals surface area contributed by atoms with Crippen LogP contribution in [0.5, 0.6) is 23.0 Å². The molecule has 24 nitrogen and oxygen atoms in total. The zero-order chi connectivity index (χ0) is 61.1. The maximum absolute atomic E-state index is 6.54. The van der Waals surface area contributed by atoms with Gasteiger partial charge in [0.1, 0.15) is 49.4 Å². The third kappa shape index (κ3) is 12.6. The second-order valence-electron chi connectivity index (χ2n) is 25.5. The normalized spacial score (nSPS) is 21.7. The first-order chi connectivity index (χ1) is 45.3. The van der Waals surface area contributed by atoms with Gasteiger partial charge < -0.3 is 86.7 Å². The van der Waals surface area contributed by atoms with Crippen molar-refractivity contribution in [3.63, 3.8) is 0 Å². The molecule has 489 valence electrons. The largest absolute Gasteiger partial charge is 2.00 e. The summed E-state index contributed by atoms with van der Waals surface area (Å²) in [5.41, 5.74) is 4.72. The van der Waals surface area contributed by atoms with Gasteiger partial charge in [-0.25, -0.2) is 9.97 Å². The molecule has 0 aliphatic carbocycles. The van der Waals surface area contributed by atoms with Gasteiger partial charge in [-0.05, 0) is 94.3 Å². The van der Waals surface area contributed by atoms with Crippen LogP contribution >= 0.6 is 0 Å². The summed E-state index contributed by atoms with van der Waals surface area (Å²) in [7, 11) is 0. The van der Waals surface area contributed by atoms with Gasteiger partial charge in [0.2, 0.25) is 0 Å². The fourth-order valence-electron chi connectivity index (χ4n) is 14.7. The predicted octanol–water partition coefficient (Wildman–Crippen LogP) is 7.00. The summed E-state index contributed by atoms with van der Waals surface area (Å²) in [4.78, 5) is 51.9. The summed E-state index contributed by atoms with van der Waals surface area (Å²) in [5, 5.41) is 3.02. The maximum Gasteiger partial charge on any atom is 2.00 e. The molecule has 17 rings (SSSR count). The summed E-state index contributed by atoms with van der Waals surface area (Å²) < 4.78 is 74.2. The van der Waals surface area contributed by atoms with Crippen molar-refractivity contribution in [3.8, 4) is 68.5 Å². The number of piperidine rings is 4. The molecule has 0 saturated carbocycles. The molecular formula is C68H76CoN12O12. The Hall–Kier alpha value is -6.53. The molecule has 13 heterocycles. The van der Waals surface area contributed by atoms with Crippen molar-refractivity contribution in [2.45, 2.75) is 74.5 Å². The van der Waals surface area contributed by atoms with Gasteiger partial charge in [0.05, 0.1) is 76.2 Å². The van der Waals surface area contributed by atoms with E-state index in [2.05, 4.69) is 19.6 Å². The Balaban J connectivity index is 0.00000686. The smallest absolute Gasteiger partial charge is 0.492 e. The van der Waals surface area contributed by atoms with Gasteiger partial charge in [-0.1, -0.05) is 0 Å². The second kappa shape index (κ2) is 25.9. The number of rotatable bonds is 16. The second-order valence-corrected chi connectivity index (χ2v) is 25.5. The molecule has 7 aromatic rings. The van der Waals surface area contributed by atoms with E-state index in [9.17, 15) is 0 Å². The minimum absolute atomic E-state index is 0. The number of aromatic nitrogens is 8. The van der Waals surface area contributed by atoms with Crippen molar-refractivity contribution in [3.05, 3.63) is 72.8 Å². The van der Waals surface area contributed by atoms with Gasteiger partial charge >= 0.3 is 16.8 Å². The zero-order valence-electron chi connectivity index (χ0n) is 52.2. The van der Waals surface area contributed by atoms with Crippen LogP contribution in [0.3, 0.4) is 0 Å². The topological polar surface area (TPSA) is 229 Å². The molecule has 8 fully saturated rings. The summed E-state index contributed by atoms with van der Waals surface area (Å²) >= 11 is 0. The first kappa shape index (κ1) is 61.3. The van der Waals surface area contributed by atoms with E-state index in [1.807, 2.05) is 72.8 Å². The van der Waals surface area contributed by atoms with Gasteiger partial charge in [0.15, 0.2) is 23.1 Å². The van der Waals surface area contributed by atoms with Crippen LogP contribution in [0, 0.1) is 0 Å². The van der Waals surface area contributed by atoms with E-state index in [4.69, 9.17) is 96.7 Å². The van der Waals surface area contributed by atoms with Crippen LogP contribution in [0.15, 0.2) is 72.8 Å². The van der Waals surface area contributed by atoms with Crippen molar-refractivity contribution in [2.75, 3.05) is 158 Å². The van der Waals surface area contributed by atoms with Gasteiger partial charge in [0.25, 0.3) is 0 Å². The van der Waals surface area contributed by atoms with E-state index in [-0.39, 0.29) is 16.8 Å². The number of nitrogens with zero attached hydrogens (tertiary/aromatic N) is 12. The van der Waals surface area contributed by atoms with Gasteiger partial charge in [-0.2, -0.15) is 0 Å². The molecule has 0 unspecified atom stereocenters. The number of likely N-dealkylation sites (tertiary alicyclic amines) is 4. The SMILES string of the molecule is [Co+2].c1cc2c(cc1OCCN1CCC3(CC1)OCCO3)-c1nc-2nc2[n-]c(nc3nc(nc4[n-]c(n1)c1ccc(OCCN5CCC6(CC5)OCCO6)cc41)-c1ccc(OCCN4CCC5(CC4)OCCO5)cc1-3)c1ccc(OCCN3CCC4(CC3)OCCO4)cc21. The Morgan fingerprint density at radius 1 is 0.312 bits per heavy atom. The summed E-state index contributed by atoms with van der Waals surface area (Å²) in [6, 6.07) is 23.9. The Labute approximate surface area is 548 Å². The van der Waals surface area contributed by atoms with Gasteiger partial charge in [-0.15, -0.1) is 0 Å². The quantitative estimate of drug-likeness (QED) is 0.0948. The summed E-state index contributed by atoms with van der Waals surface area (Å²) in [5.74, 6) is 2.69. The predicted molar refractivity (Wildman–Crippen MR) is 337 cm³/mol. The van der Waals surface area contributed by atoms with Crippen LogP contribution in [0.25, 0.3) is 89.7 Å². The number of benzene rings is 4. The summed E-state index contributed by atoms with van der Waals surface area (Å²) in [6.45, 7) is 17.2. The molecule has 0 atom stereocenters. The van der Waals surface area contributed by atoms with Crippen LogP contribution in [0.4, 0.5) is 0 Å². The van der Waals surface area contributed by atoms with Crippen molar-refractivity contribution >= 4 is 44.1 Å². The molecule has 10 aliphatic rings. The Morgan fingerprint density at radius 3 is 0.871 bits per heavy atom. The first-order valence-electron chi connectivity index (χ1n) is 33.1. The minimum atomic E-state index is -0.438. The molecule has 25 heteroatoms. The molecule has 8 bridgehead atoms. The standard InChI is InChI=1S/C68H76N12O12.Co/c1-5-49-53(41-45(1)81-29-25-77-17-9-65(10-18-77)85-33-34-86-65)61-69-57(49)73-62-54-42-46(82-30-26-78-19-11-66(12-20-78)87-35-36-88-66)2-6-50(54)59(70-62)75-64-56-44-48(84-32-28-80-23-15-68(16-24-80)91-39-40-92-68)4-8-52(56)60(72-64)76-63-55-43-47(3-7-51(55)58(71-63)74-61)83-31-27-79-21-13-67(14-22-79)89-37-38-90-67;/h1-8,41-44H,9-40H2;/q-2;+2. The van der Waals surface area contributed by atoms with Crippen molar-refractivity contribution in [2.24, 2.45) is 0 Å². The van der Waals surface area contributed by atoms with E-state index in [0.29, 0.717) is 148 Å². The van der Waals surface area contributed by atoms with E-state index in [1.54, 1.807) is 0 Å². The van der Waals surface area contributed by atoms with Crippen LogP contribution in [-0.4, -0.2) is 230 Å². The van der Waals surface area contributed by atoms with Crippen LogP contribution in [-0.2, 0) is 54.7 Å². The van der Waals surface area contributed by atoms with Gasteiger partial charge in [-0.3, -0.25) is 19.6 Å². The Bertz CT molecular complexity index is 3780. The third-order valence-electron chi connectivity index (χ3n) is 20.0. The molecule has 10 aliphatic heterocycles. The monoisotopic (exact) mass is 1310 g/mol. The molecule has 8 saturated heterocycles. The number of hydrogen-bond acceptors (Lipinski definition) is 22. The van der Waals surface area contributed by atoms with E-state index in [1.165, 1.54) is 0 Å². The van der Waals surface area contributed by atoms with E-state index in [0.717, 1.165) is 174 Å². The average molecular weight is 1310 g/mol. The molecule has 0 amide bonds. The van der Waals surface area contributed by atoms with Crippen LogP contribution in [0.2, 0.25) is 0 Å². The van der Waals surface area contributed by atoms with Crippen molar-refractivity contribution in [1.82, 2.24) is 59.5 Å². The fraction of sp³-hybridized carbons (Fsp3) is 0.529. The Kier molecular flexibility index (Phi) is 17.1. The molecule has 4 spiro atoms. The molecular weight excluding hydrogens is 1240 g/mol. The number of hydrogen-bond donors (Lipinski definition) is 0. The molecule has 93 heavy (non-hydrogen) atoms. The fourth-order valence-corrected chi connectivity index (χ4v) is 14.7. The average Bonchev–Trinajstić information content (AvgIpc) is 1.63. The first-order valence-corrected chi connectivity index (χ1v) is 33.1. The van der Waals surface area contributed by atoms with Gasteiger partial charge in [0, 0.05) is 175 Å². The number of ether oxygens (including phenoxy) is 12. The molecule has 3 aromatic heterocycles. The molecule has 0 N–H and O–H groups in total.